The molecule has 0 aromatic carbocycles. The molecule has 68 valence electrons. The van der Waals surface area contributed by atoms with Gasteiger partial charge < -0.3 is 15.6 Å². The van der Waals surface area contributed by atoms with Crippen LogP contribution >= 0.6 is 0 Å². The second-order valence-electron chi connectivity index (χ2n) is 2.12. The highest BCUT2D eigenvalue weighted by Gasteiger charge is 2.17. The molecule has 0 saturated carbocycles. The Bertz CT molecular complexity index is 190. The van der Waals surface area contributed by atoms with Gasteiger partial charge in [0.05, 0.1) is 6.42 Å². The minimum absolute atomic E-state index is 0.0478. The van der Waals surface area contributed by atoms with Crippen molar-refractivity contribution in [3.63, 3.8) is 0 Å². The Labute approximate surface area is 69.8 Å². The average molecular weight is 173 g/mol. The standard InChI is InChI=1S/C7H11NO4/c1-2-3-12-7(11)5(8)4-6(9)10/h2,5H,1,3-4,8H2,(H,9,10)/t5-/m1/s1. The van der Waals surface area contributed by atoms with Gasteiger partial charge in [0.1, 0.15) is 12.6 Å². The quantitative estimate of drug-likeness (QED) is 0.433. The number of rotatable bonds is 5. The third-order valence-electron chi connectivity index (χ3n) is 1.04. The first-order valence-corrected chi connectivity index (χ1v) is 3.32. The number of nitrogens with two attached hydrogens (primary N) is 1. The molecule has 0 aliphatic heterocycles. The van der Waals surface area contributed by atoms with Crippen LogP contribution in [-0.4, -0.2) is 29.7 Å². The summed E-state index contributed by atoms with van der Waals surface area (Å²) >= 11 is 0. The van der Waals surface area contributed by atoms with Crippen molar-refractivity contribution in [1.82, 2.24) is 0 Å². The minimum Gasteiger partial charge on any atom is -0.481 e. The molecule has 5 nitrogen and oxygen atoms in total. The molecule has 0 fully saturated rings. The van der Waals surface area contributed by atoms with Crippen LogP contribution in [0.2, 0.25) is 0 Å². The fourth-order valence-electron chi connectivity index (χ4n) is 0.520. The zero-order valence-corrected chi connectivity index (χ0v) is 6.53. The van der Waals surface area contributed by atoms with Gasteiger partial charge in [-0.25, -0.2) is 0 Å². The Balaban J connectivity index is 3.76. The summed E-state index contributed by atoms with van der Waals surface area (Å²) in [7, 11) is 0. The Kier molecular flexibility index (Phi) is 4.71. The number of aliphatic carboxylic acids is 1. The van der Waals surface area contributed by atoms with Crippen LogP contribution < -0.4 is 5.73 Å². The molecular weight excluding hydrogens is 162 g/mol. The average Bonchev–Trinajstić information content (AvgIpc) is 1.98. The fraction of sp³-hybridized carbons (Fsp3) is 0.429. The summed E-state index contributed by atoms with van der Waals surface area (Å²) in [4.78, 5) is 20.9. The van der Waals surface area contributed by atoms with Gasteiger partial charge in [-0.05, 0) is 0 Å². The van der Waals surface area contributed by atoms with Gasteiger partial charge in [0, 0.05) is 0 Å². The van der Waals surface area contributed by atoms with E-state index in [2.05, 4.69) is 11.3 Å². The van der Waals surface area contributed by atoms with Crippen molar-refractivity contribution in [1.29, 1.82) is 0 Å². The zero-order chi connectivity index (χ0) is 9.56. The molecule has 3 N–H and O–H groups in total. The number of hydrogen-bond acceptors (Lipinski definition) is 4. The highest BCUT2D eigenvalue weighted by molar-refractivity contribution is 5.81. The number of hydrogen-bond donors (Lipinski definition) is 2. The summed E-state index contributed by atoms with van der Waals surface area (Å²) in [5.41, 5.74) is 5.17. The predicted molar refractivity (Wildman–Crippen MR) is 41.4 cm³/mol. The molecule has 5 heteroatoms. The number of carbonyl (C=O) groups excluding carboxylic acids is 1. The van der Waals surface area contributed by atoms with E-state index < -0.39 is 24.4 Å². The number of carboxylic acids is 1. The lowest BCUT2D eigenvalue weighted by atomic mass is 10.2. The summed E-state index contributed by atoms with van der Waals surface area (Å²) in [5, 5.41) is 8.25. The molecular formula is C7H11NO4. The van der Waals surface area contributed by atoms with Gasteiger partial charge in [-0.1, -0.05) is 12.7 Å². The van der Waals surface area contributed by atoms with Gasteiger partial charge in [-0.2, -0.15) is 0 Å². The van der Waals surface area contributed by atoms with Crippen molar-refractivity contribution >= 4 is 11.9 Å². The van der Waals surface area contributed by atoms with Crippen molar-refractivity contribution in [2.24, 2.45) is 5.73 Å². The van der Waals surface area contributed by atoms with Gasteiger partial charge in [0.25, 0.3) is 0 Å². The Morgan fingerprint density at radius 1 is 1.67 bits per heavy atom. The minimum atomic E-state index is -1.13. The SMILES string of the molecule is C=CCOC(=O)[C@H](N)CC(=O)O. The summed E-state index contributed by atoms with van der Waals surface area (Å²) in [5.74, 6) is -1.85. The first-order chi connectivity index (χ1) is 5.57. The van der Waals surface area contributed by atoms with Crippen molar-refractivity contribution in [2.75, 3.05) is 6.61 Å². The van der Waals surface area contributed by atoms with E-state index in [1.807, 2.05) is 0 Å². The number of esters is 1. The lowest BCUT2D eigenvalue weighted by Crippen LogP contribution is -2.34. The first-order valence-electron chi connectivity index (χ1n) is 3.32. The third kappa shape index (κ3) is 4.45. The van der Waals surface area contributed by atoms with Crippen LogP contribution in [0.1, 0.15) is 6.42 Å². The second kappa shape index (κ2) is 5.31. The van der Waals surface area contributed by atoms with Crippen LogP contribution in [0, 0.1) is 0 Å². The Morgan fingerprint density at radius 2 is 2.25 bits per heavy atom. The molecule has 12 heavy (non-hydrogen) atoms. The normalized spacial score (nSPS) is 11.8. The van der Waals surface area contributed by atoms with E-state index in [9.17, 15) is 9.59 Å². The predicted octanol–water partition coefficient (Wildman–Crippen LogP) is -0.482. The summed E-state index contributed by atoms with van der Waals surface area (Å²) < 4.78 is 4.51. The Hall–Kier alpha value is -1.36. The molecule has 0 saturated heterocycles. The molecule has 0 unspecified atom stereocenters. The number of carboxylic acid groups (broad SMARTS) is 1. The topological polar surface area (TPSA) is 89.6 Å². The molecule has 0 bridgehead atoms. The third-order valence-corrected chi connectivity index (χ3v) is 1.04. The highest BCUT2D eigenvalue weighted by Crippen LogP contribution is 1.92. The maximum absolute atomic E-state index is 10.8. The smallest absolute Gasteiger partial charge is 0.323 e. The molecule has 0 spiro atoms. The fourth-order valence-corrected chi connectivity index (χ4v) is 0.520. The number of ether oxygens (including phenoxy) is 1. The largest absolute Gasteiger partial charge is 0.481 e. The number of carbonyl (C=O) groups is 2. The molecule has 0 aromatic heterocycles. The van der Waals surface area contributed by atoms with Gasteiger partial charge in [-0.3, -0.25) is 9.59 Å². The van der Waals surface area contributed by atoms with Crippen LogP contribution in [0.4, 0.5) is 0 Å². The van der Waals surface area contributed by atoms with Crippen molar-refractivity contribution in [3.05, 3.63) is 12.7 Å². The Morgan fingerprint density at radius 3 is 2.67 bits per heavy atom. The maximum atomic E-state index is 10.8. The summed E-state index contributed by atoms with van der Waals surface area (Å²) in [6.07, 6.45) is 0.960. The zero-order valence-electron chi connectivity index (χ0n) is 6.53. The van der Waals surface area contributed by atoms with Crippen molar-refractivity contribution in [3.8, 4) is 0 Å². The van der Waals surface area contributed by atoms with E-state index in [4.69, 9.17) is 10.8 Å². The molecule has 0 aromatic rings. The van der Waals surface area contributed by atoms with E-state index in [1.165, 1.54) is 6.08 Å². The van der Waals surface area contributed by atoms with Crippen LogP contribution in [0.3, 0.4) is 0 Å². The maximum Gasteiger partial charge on any atom is 0.323 e. The van der Waals surface area contributed by atoms with E-state index in [0.29, 0.717) is 0 Å². The van der Waals surface area contributed by atoms with Gasteiger partial charge in [0.15, 0.2) is 0 Å². The monoisotopic (exact) mass is 173 g/mol. The lowest BCUT2D eigenvalue weighted by Gasteiger charge is -2.06. The van der Waals surface area contributed by atoms with Crippen molar-refractivity contribution < 1.29 is 19.4 Å². The van der Waals surface area contributed by atoms with Crippen LogP contribution in [0.5, 0.6) is 0 Å². The second-order valence-corrected chi connectivity index (χ2v) is 2.12. The van der Waals surface area contributed by atoms with Crippen LogP contribution in [0.25, 0.3) is 0 Å². The summed E-state index contributed by atoms with van der Waals surface area (Å²) in [6.45, 7) is 3.37. The van der Waals surface area contributed by atoms with Gasteiger partial charge in [0.2, 0.25) is 0 Å². The first kappa shape index (κ1) is 10.6. The van der Waals surface area contributed by atoms with Crippen LogP contribution in [-0.2, 0) is 14.3 Å². The van der Waals surface area contributed by atoms with E-state index in [0.717, 1.165) is 0 Å². The van der Waals surface area contributed by atoms with E-state index in [-0.39, 0.29) is 6.61 Å². The molecule has 0 aliphatic rings. The molecule has 0 radical (unpaired) electrons. The molecule has 1 atom stereocenters. The molecule has 0 heterocycles. The van der Waals surface area contributed by atoms with E-state index >= 15 is 0 Å². The molecule has 0 amide bonds. The van der Waals surface area contributed by atoms with Gasteiger partial charge in [-0.15, -0.1) is 0 Å². The summed E-state index contributed by atoms with van der Waals surface area (Å²) in [6, 6.07) is -1.09. The van der Waals surface area contributed by atoms with Crippen LogP contribution in [0.15, 0.2) is 12.7 Å². The van der Waals surface area contributed by atoms with E-state index in [1.54, 1.807) is 0 Å². The van der Waals surface area contributed by atoms with Gasteiger partial charge >= 0.3 is 11.9 Å². The highest BCUT2D eigenvalue weighted by atomic mass is 16.5. The van der Waals surface area contributed by atoms with Crippen molar-refractivity contribution in [2.45, 2.75) is 12.5 Å². The lowest BCUT2D eigenvalue weighted by molar-refractivity contribution is -0.148. The molecule has 0 rings (SSSR count). The molecule has 0 aliphatic carbocycles.